The molecular formula is C19H24N2O2S. The van der Waals surface area contributed by atoms with Crippen LogP contribution >= 0.6 is 11.3 Å². The van der Waals surface area contributed by atoms with Gasteiger partial charge in [0.2, 0.25) is 5.91 Å². The van der Waals surface area contributed by atoms with Crippen LogP contribution in [0.4, 0.5) is 5.69 Å². The standard InChI is InChI=1S/C19H24N2O2S/c1-13-8-9-17(23-3)15(12-13)20-19(22)14(2)21-10-4-6-16(21)18-7-5-11-24-18/h5,7-9,11-12,14,16H,4,6,10H2,1-3H3,(H,20,22)/t14-,16-/m0/s1. The smallest absolute Gasteiger partial charge is 0.241 e. The number of nitrogens with one attached hydrogen (secondary N) is 1. The lowest BCUT2D eigenvalue weighted by molar-refractivity contribution is -0.121. The molecule has 0 bridgehead atoms. The molecule has 0 saturated carbocycles. The molecule has 0 spiro atoms. The number of hydrogen-bond donors (Lipinski definition) is 1. The van der Waals surface area contributed by atoms with Crippen molar-refractivity contribution in [1.82, 2.24) is 4.90 Å². The van der Waals surface area contributed by atoms with Crippen molar-refractivity contribution < 1.29 is 9.53 Å². The molecule has 3 rings (SSSR count). The number of ether oxygens (including phenoxy) is 1. The van der Waals surface area contributed by atoms with E-state index < -0.39 is 0 Å². The molecule has 1 fully saturated rings. The zero-order chi connectivity index (χ0) is 17.1. The van der Waals surface area contributed by atoms with E-state index in [2.05, 4.69) is 27.7 Å². The molecule has 2 atom stereocenters. The second-order valence-corrected chi connectivity index (χ2v) is 7.26. The van der Waals surface area contributed by atoms with Gasteiger partial charge in [0.1, 0.15) is 5.75 Å². The number of carbonyl (C=O) groups excluding carboxylic acids is 1. The van der Waals surface area contributed by atoms with Crippen molar-refractivity contribution in [3.05, 3.63) is 46.2 Å². The van der Waals surface area contributed by atoms with Gasteiger partial charge in [0, 0.05) is 10.9 Å². The Kier molecular flexibility index (Phi) is 5.21. The number of nitrogens with zero attached hydrogens (tertiary/aromatic N) is 1. The summed E-state index contributed by atoms with van der Waals surface area (Å²) in [5, 5.41) is 5.15. The maximum absolute atomic E-state index is 12.8. The van der Waals surface area contributed by atoms with Crippen molar-refractivity contribution in [1.29, 1.82) is 0 Å². The number of hydrogen-bond acceptors (Lipinski definition) is 4. The summed E-state index contributed by atoms with van der Waals surface area (Å²) in [4.78, 5) is 16.4. The first kappa shape index (κ1) is 17.0. The molecule has 2 aromatic rings. The molecule has 4 nitrogen and oxygen atoms in total. The van der Waals surface area contributed by atoms with Crippen LogP contribution in [0.2, 0.25) is 0 Å². The van der Waals surface area contributed by atoms with Gasteiger partial charge < -0.3 is 10.1 Å². The van der Waals surface area contributed by atoms with Gasteiger partial charge in [-0.2, -0.15) is 0 Å². The third-order valence-corrected chi connectivity index (χ3v) is 5.63. The number of benzene rings is 1. The highest BCUT2D eigenvalue weighted by molar-refractivity contribution is 7.10. The molecule has 5 heteroatoms. The summed E-state index contributed by atoms with van der Waals surface area (Å²) in [5.74, 6) is 0.708. The van der Waals surface area contributed by atoms with Crippen LogP contribution < -0.4 is 10.1 Å². The second-order valence-electron chi connectivity index (χ2n) is 6.28. The predicted molar refractivity (Wildman–Crippen MR) is 98.8 cm³/mol. The molecule has 24 heavy (non-hydrogen) atoms. The summed E-state index contributed by atoms with van der Waals surface area (Å²) in [7, 11) is 1.62. The first-order chi connectivity index (χ1) is 11.6. The summed E-state index contributed by atoms with van der Waals surface area (Å²) < 4.78 is 5.36. The highest BCUT2D eigenvalue weighted by Gasteiger charge is 2.33. The van der Waals surface area contributed by atoms with Crippen LogP contribution in [0, 0.1) is 6.92 Å². The van der Waals surface area contributed by atoms with E-state index in [0.29, 0.717) is 11.8 Å². The highest BCUT2D eigenvalue weighted by Crippen LogP contribution is 2.36. The van der Waals surface area contributed by atoms with Crippen molar-refractivity contribution in [2.75, 3.05) is 19.0 Å². The first-order valence-corrected chi connectivity index (χ1v) is 9.22. The summed E-state index contributed by atoms with van der Waals surface area (Å²) in [6.07, 6.45) is 2.25. The predicted octanol–water partition coefficient (Wildman–Crippen LogP) is 4.23. The third-order valence-electron chi connectivity index (χ3n) is 4.66. The van der Waals surface area contributed by atoms with Gasteiger partial charge in [0.05, 0.1) is 18.8 Å². The van der Waals surface area contributed by atoms with Gasteiger partial charge in [-0.05, 0) is 62.4 Å². The van der Waals surface area contributed by atoms with E-state index in [1.165, 1.54) is 4.88 Å². The zero-order valence-electron chi connectivity index (χ0n) is 14.4. The molecule has 1 aliphatic heterocycles. The third kappa shape index (κ3) is 3.47. The fourth-order valence-corrected chi connectivity index (χ4v) is 4.23. The van der Waals surface area contributed by atoms with Crippen molar-refractivity contribution in [2.24, 2.45) is 0 Å². The van der Waals surface area contributed by atoms with Gasteiger partial charge in [0.15, 0.2) is 0 Å². The minimum atomic E-state index is -0.176. The molecule has 0 aliphatic carbocycles. The number of likely N-dealkylation sites (tertiary alicyclic amines) is 1. The molecule has 1 aromatic carbocycles. The van der Waals surface area contributed by atoms with Gasteiger partial charge in [-0.25, -0.2) is 0 Å². The maximum Gasteiger partial charge on any atom is 0.241 e. The molecule has 0 radical (unpaired) electrons. The van der Waals surface area contributed by atoms with Gasteiger partial charge >= 0.3 is 0 Å². The van der Waals surface area contributed by atoms with E-state index in [0.717, 1.165) is 30.6 Å². The SMILES string of the molecule is COc1ccc(C)cc1NC(=O)[C@H](C)N1CCC[C@H]1c1cccs1. The second kappa shape index (κ2) is 7.36. The van der Waals surface area contributed by atoms with E-state index in [9.17, 15) is 4.79 Å². The fourth-order valence-electron chi connectivity index (χ4n) is 3.35. The van der Waals surface area contributed by atoms with E-state index in [4.69, 9.17) is 4.74 Å². The highest BCUT2D eigenvalue weighted by atomic mass is 32.1. The molecule has 2 heterocycles. The summed E-state index contributed by atoms with van der Waals surface area (Å²) in [5.41, 5.74) is 1.83. The van der Waals surface area contributed by atoms with E-state index in [-0.39, 0.29) is 11.9 Å². The van der Waals surface area contributed by atoms with Crippen molar-refractivity contribution >= 4 is 22.9 Å². The number of thiophene rings is 1. The van der Waals surface area contributed by atoms with E-state index >= 15 is 0 Å². The van der Waals surface area contributed by atoms with Crippen LogP contribution in [-0.4, -0.2) is 30.5 Å². The van der Waals surface area contributed by atoms with Crippen molar-refractivity contribution in [3.8, 4) is 5.75 Å². The monoisotopic (exact) mass is 344 g/mol. The normalized spacial score (nSPS) is 19.2. The molecular weight excluding hydrogens is 320 g/mol. The van der Waals surface area contributed by atoms with E-state index in [1.54, 1.807) is 18.4 Å². The number of anilines is 1. The van der Waals surface area contributed by atoms with Crippen LogP contribution in [0.5, 0.6) is 5.75 Å². The number of rotatable bonds is 5. The van der Waals surface area contributed by atoms with Gasteiger partial charge in [-0.3, -0.25) is 9.69 Å². The average Bonchev–Trinajstić information content (AvgIpc) is 3.25. The van der Waals surface area contributed by atoms with E-state index in [1.807, 2.05) is 32.0 Å². The molecule has 128 valence electrons. The Morgan fingerprint density at radius 2 is 2.25 bits per heavy atom. The summed E-state index contributed by atoms with van der Waals surface area (Å²) in [6, 6.07) is 10.2. The maximum atomic E-state index is 12.8. The van der Waals surface area contributed by atoms with Crippen molar-refractivity contribution in [2.45, 2.75) is 38.8 Å². The Labute approximate surface area is 147 Å². The van der Waals surface area contributed by atoms with Crippen LogP contribution in [0.15, 0.2) is 35.7 Å². The van der Waals surface area contributed by atoms with Crippen LogP contribution in [0.1, 0.15) is 36.2 Å². The minimum absolute atomic E-state index is 0.0161. The van der Waals surface area contributed by atoms with Gasteiger partial charge in [-0.15, -0.1) is 11.3 Å². The van der Waals surface area contributed by atoms with Crippen molar-refractivity contribution in [3.63, 3.8) is 0 Å². The minimum Gasteiger partial charge on any atom is -0.495 e. The zero-order valence-corrected chi connectivity index (χ0v) is 15.2. The summed E-state index contributed by atoms with van der Waals surface area (Å²) in [6.45, 7) is 4.96. The number of amides is 1. The molecule has 0 unspecified atom stereocenters. The molecule has 1 N–H and O–H groups in total. The van der Waals surface area contributed by atoms with Crippen LogP contribution in [0.3, 0.4) is 0 Å². The number of carbonyl (C=O) groups is 1. The first-order valence-electron chi connectivity index (χ1n) is 8.35. The molecule has 1 aliphatic rings. The average molecular weight is 344 g/mol. The van der Waals surface area contributed by atoms with Gasteiger partial charge in [0.25, 0.3) is 0 Å². The lowest BCUT2D eigenvalue weighted by atomic mass is 10.1. The lowest BCUT2D eigenvalue weighted by Crippen LogP contribution is -2.41. The van der Waals surface area contributed by atoms with Gasteiger partial charge in [-0.1, -0.05) is 12.1 Å². The largest absolute Gasteiger partial charge is 0.495 e. The molecule has 1 amide bonds. The summed E-state index contributed by atoms with van der Waals surface area (Å²) >= 11 is 1.77. The number of methoxy groups -OCH3 is 1. The quantitative estimate of drug-likeness (QED) is 0.882. The van der Waals surface area contributed by atoms with Crippen LogP contribution in [0.25, 0.3) is 0 Å². The lowest BCUT2D eigenvalue weighted by Gasteiger charge is -2.29. The van der Waals surface area contributed by atoms with Crippen LogP contribution in [-0.2, 0) is 4.79 Å². The Bertz CT molecular complexity index is 699. The Hall–Kier alpha value is -1.85. The number of aryl methyl sites for hydroxylation is 1. The Morgan fingerprint density at radius 1 is 1.42 bits per heavy atom. The Balaban J connectivity index is 1.74. The topological polar surface area (TPSA) is 41.6 Å². The molecule has 1 saturated heterocycles. The Morgan fingerprint density at radius 3 is 2.96 bits per heavy atom. The fraction of sp³-hybridized carbons (Fsp3) is 0.421. The molecule has 1 aromatic heterocycles.